The number of hydrogen-bond acceptors (Lipinski definition) is 0. The van der Waals surface area contributed by atoms with Crippen LogP contribution in [0.3, 0.4) is 0 Å². The van der Waals surface area contributed by atoms with E-state index in [4.69, 9.17) is 0 Å². The third-order valence-electron chi connectivity index (χ3n) is 7.06. The van der Waals surface area contributed by atoms with Crippen LogP contribution in [0.15, 0.2) is 0 Å². The minimum absolute atomic E-state index is 0.223. The second-order valence-electron chi connectivity index (χ2n) is 10.2. The van der Waals surface area contributed by atoms with E-state index in [2.05, 4.69) is 20.8 Å². The molecular formula is C26H51F3. The smallest absolute Gasteiger partial charge is 0.106 e. The van der Waals surface area contributed by atoms with Crippen molar-refractivity contribution in [1.29, 1.82) is 0 Å². The lowest BCUT2D eigenvalue weighted by Crippen LogP contribution is -2.32. The maximum atomic E-state index is 12.8. The molecule has 0 bridgehead atoms. The molecule has 3 saturated carbocycles. The Morgan fingerprint density at radius 2 is 0.793 bits per heavy atom. The first kappa shape index (κ1) is 28.8. The van der Waals surface area contributed by atoms with Gasteiger partial charge in [0.1, 0.15) is 18.5 Å². The highest BCUT2D eigenvalue weighted by atomic mass is 19.1. The number of hydrogen-bond donors (Lipinski definition) is 0. The fraction of sp³-hybridized carbons (Fsp3) is 1.00. The van der Waals surface area contributed by atoms with Gasteiger partial charge in [-0.15, -0.1) is 0 Å². The highest BCUT2D eigenvalue weighted by molar-refractivity contribution is 4.82. The zero-order valence-electron chi connectivity index (χ0n) is 20.7. The van der Waals surface area contributed by atoms with Gasteiger partial charge in [0.2, 0.25) is 0 Å². The molecule has 0 saturated heterocycles. The van der Waals surface area contributed by atoms with Crippen molar-refractivity contribution in [3.63, 3.8) is 0 Å². The van der Waals surface area contributed by atoms with Gasteiger partial charge in [-0.25, -0.2) is 13.2 Å². The Labute approximate surface area is 180 Å². The lowest BCUT2D eigenvalue weighted by Gasteiger charge is -2.30. The third kappa shape index (κ3) is 12.3. The predicted molar refractivity (Wildman–Crippen MR) is 123 cm³/mol. The van der Waals surface area contributed by atoms with E-state index in [0.29, 0.717) is 24.7 Å². The van der Waals surface area contributed by atoms with E-state index in [1.165, 1.54) is 32.1 Å². The summed E-state index contributed by atoms with van der Waals surface area (Å²) in [6.45, 7) is 16.4. The van der Waals surface area contributed by atoms with Crippen molar-refractivity contribution in [2.45, 2.75) is 132 Å². The molecule has 5 atom stereocenters. The SMILES string of the molecule is CC.CC1CC(F)C(C)C(F)C1.CC1CCC(C)C(F)C1.CC1CCC(C)CC1. The van der Waals surface area contributed by atoms with Crippen LogP contribution in [0.1, 0.15) is 113 Å². The Morgan fingerprint density at radius 3 is 1.14 bits per heavy atom. The van der Waals surface area contributed by atoms with Crippen molar-refractivity contribution < 1.29 is 13.2 Å². The van der Waals surface area contributed by atoms with Crippen LogP contribution in [0.25, 0.3) is 0 Å². The standard InChI is InChI=1S/C8H14F2.C8H15F.C8H16.C2H6/c1-5-3-7(9)6(2)8(10)4-5;1-6-3-4-7(2)8(9)5-6;1-7-3-5-8(2)6-4-7;1-2/h5-8H,3-4H2,1-2H3;6-8H,3-5H2,1-2H3;7-8H,3-6H2,1-2H3;1-2H3. The number of halogens is 3. The summed E-state index contributed by atoms with van der Waals surface area (Å²) in [5.74, 6) is 2.83. The summed E-state index contributed by atoms with van der Waals surface area (Å²) in [7, 11) is 0. The van der Waals surface area contributed by atoms with Crippen molar-refractivity contribution in [2.24, 2.45) is 35.5 Å². The van der Waals surface area contributed by atoms with Crippen LogP contribution in [0, 0.1) is 35.5 Å². The van der Waals surface area contributed by atoms with Crippen molar-refractivity contribution in [3.05, 3.63) is 0 Å². The van der Waals surface area contributed by atoms with E-state index in [1.54, 1.807) is 6.92 Å². The molecule has 0 aromatic rings. The minimum atomic E-state index is -0.918. The average molecular weight is 421 g/mol. The first-order valence-corrected chi connectivity index (χ1v) is 12.5. The molecule has 3 aliphatic carbocycles. The van der Waals surface area contributed by atoms with Gasteiger partial charge in [-0.2, -0.15) is 0 Å². The van der Waals surface area contributed by atoms with Crippen molar-refractivity contribution in [3.8, 4) is 0 Å². The van der Waals surface area contributed by atoms with Gasteiger partial charge in [0.05, 0.1) is 0 Å². The molecule has 176 valence electrons. The fourth-order valence-corrected chi connectivity index (χ4v) is 4.41. The molecule has 0 aromatic carbocycles. The van der Waals surface area contributed by atoms with Crippen LogP contribution in [-0.4, -0.2) is 18.5 Å². The normalized spacial score (nSPS) is 42.1. The van der Waals surface area contributed by atoms with E-state index in [1.807, 2.05) is 27.7 Å². The predicted octanol–water partition coefficient (Wildman–Crippen LogP) is 9.37. The molecule has 3 fully saturated rings. The molecule has 3 heteroatoms. The molecule has 0 heterocycles. The molecule has 5 unspecified atom stereocenters. The summed E-state index contributed by atoms with van der Waals surface area (Å²) in [5, 5.41) is 0. The molecular weight excluding hydrogens is 369 g/mol. The molecule has 0 aliphatic heterocycles. The Kier molecular flexibility index (Phi) is 15.5. The Hall–Kier alpha value is -0.210. The maximum Gasteiger partial charge on any atom is 0.106 e. The van der Waals surface area contributed by atoms with Gasteiger partial charge in [0, 0.05) is 5.92 Å². The largest absolute Gasteiger partial charge is 0.247 e. The lowest BCUT2D eigenvalue weighted by atomic mass is 9.81. The molecule has 0 nitrogen and oxygen atoms in total. The summed E-state index contributed by atoms with van der Waals surface area (Å²) in [5.41, 5.74) is 0. The molecule has 0 amide bonds. The maximum absolute atomic E-state index is 12.8. The van der Waals surface area contributed by atoms with Gasteiger partial charge in [-0.1, -0.05) is 87.5 Å². The van der Waals surface area contributed by atoms with Crippen molar-refractivity contribution in [2.75, 3.05) is 0 Å². The minimum Gasteiger partial charge on any atom is -0.247 e. The van der Waals surface area contributed by atoms with Gasteiger partial charge < -0.3 is 0 Å². The van der Waals surface area contributed by atoms with Gasteiger partial charge in [-0.3, -0.25) is 0 Å². The van der Waals surface area contributed by atoms with Gasteiger partial charge >= 0.3 is 0 Å². The fourth-order valence-electron chi connectivity index (χ4n) is 4.41. The highest BCUT2D eigenvalue weighted by Gasteiger charge is 2.33. The van der Waals surface area contributed by atoms with E-state index in [0.717, 1.165) is 24.7 Å². The molecule has 29 heavy (non-hydrogen) atoms. The van der Waals surface area contributed by atoms with Crippen molar-refractivity contribution >= 4 is 0 Å². The van der Waals surface area contributed by atoms with Crippen LogP contribution < -0.4 is 0 Å². The lowest BCUT2D eigenvalue weighted by molar-refractivity contribution is 0.0603. The molecule has 0 spiro atoms. The van der Waals surface area contributed by atoms with E-state index < -0.39 is 18.5 Å². The van der Waals surface area contributed by atoms with Gasteiger partial charge in [-0.05, 0) is 55.3 Å². The molecule has 0 radical (unpaired) electrons. The molecule has 3 aliphatic rings. The summed E-state index contributed by atoms with van der Waals surface area (Å²) < 4.78 is 38.5. The van der Waals surface area contributed by atoms with Crippen LogP contribution in [0.4, 0.5) is 13.2 Å². The van der Waals surface area contributed by atoms with Gasteiger partial charge in [0.15, 0.2) is 0 Å². The molecule has 0 N–H and O–H groups in total. The average Bonchev–Trinajstić information content (AvgIpc) is 2.68. The summed E-state index contributed by atoms with van der Waals surface area (Å²) in [4.78, 5) is 0. The quantitative estimate of drug-likeness (QED) is 0.366. The van der Waals surface area contributed by atoms with E-state index in [-0.39, 0.29) is 11.8 Å². The van der Waals surface area contributed by atoms with Crippen LogP contribution in [-0.2, 0) is 0 Å². The summed E-state index contributed by atoms with van der Waals surface area (Å²) in [6, 6.07) is 0. The van der Waals surface area contributed by atoms with E-state index >= 15 is 0 Å². The Morgan fingerprint density at radius 1 is 0.448 bits per heavy atom. The Bertz CT molecular complexity index is 356. The Balaban J connectivity index is 0.000000390. The molecule has 3 rings (SSSR count). The monoisotopic (exact) mass is 420 g/mol. The van der Waals surface area contributed by atoms with Crippen LogP contribution in [0.5, 0.6) is 0 Å². The molecule has 0 aromatic heterocycles. The summed E-state index contributed by atoms with van der Waals surface area (Å²) >= 11 is 0. The third-order valence-corrected chi connectivity index (χ3v) is 7.06. The van der Waals surface area contributed by atoms with Crippen molar-refractivity contribution in [1.82, 2.24) is 0 Å². The first-order chi connectivity index (χ1) is 13.6. The topological polar surface area (TPSA) is 0 Å². The van der Waals surface area contributed by atoms with Crippen LogP contribution in [0.2, 0.25) is 0 Å². The van der Waals surface area contributed by atoms with E-state index in [9.17, 15) is 13.2 Å². The second-order valence-corrected chi connectivity index (χ2v) is 10.2. The highest BCUT2D eigenvalue weighted by Crippen LogP contribution is 2.33. The van der Waals surface area contributed by atoms with Crippen LogP contribution >= 0.6 is 0 Å². The van der Waals surface area contributed by atoms with Gasteiger partial charge in [0.25, 0.3) is 0 Å². The zero-order chi connectivity index (χ0) is 22.6. The number of rotatable bonds is 0. The number of alkyl halides is 3. The summed E-state index contributed by atoms with van der Waals surface area (Å²) in [6.07, 6.45) is 7.73. The second kappa shape index (κ2) is 15.6. The first-order valence-electron chi connectivity index (χ1n) is 12.5. The zero-order valence-corrected chi connectivity index (χ0v) is 20.7.